The van der Waals surface area contributed by atoms with E-state index < -0.39 is 0 Å². The highest BCUT2D eigenvalue weighted by Gasteiger charge is 2.10. The first-order valence-corrected chi connectivity index (χ1v) is 9.97. The van der Waals surface area contributed by atoms with Crippen LogP contribution in [0, 0.1) is 20.8 Å². The first-order valence-electron chi connectivity index (χ1n) is 9.97. The van der Waals surface area contributed by atoms with Crippen molar-refractivity contribution in [1.82, 2.24) is 10.2 Å². The SMILES string of the molecule is Cc1cc(C)c(NC(=O)CNC(=O)CNc2cccc(OCC(=O)N(C)C)c2)c(C)c1. The predicted molar refractivity (Wildman–Crippen MR) is 121 cm³/mol. The van der Waals surface area contributed by atoms with Gasteiger partial charge in [0, 0.05) is 31.5 Å². The van der Waals surface area contributed by atoms with Crippen LogP contribution in [0.2, 0.25) is 0 Å². The van der Waals surface area contributed by atoms with Crippen molar-refractivity contribution in [2.24, 2.45) is 0 Å². The van der Waals surface area contributed by atoms with E-state index in [1.165, 1.54) is 4.90 Å². The molecule has 0 atom stereocenters. The minimum Gasteiger partial charge on any atom is -0.484 e. The second-order valence-electron chi connectivity index (χ2n) is 7.56. The van der Waals surface area contributed by atoms with Crippen LogP contribution in [-0.4, -0.2) is 56.4 Å². The average Bonchev–Trinajstić information content (AvgIpc) is 2.71. The molecule has 0 aliphatic heterocycles. The van der Waals surface area contributed by atoms with Gasteiger partial charge in [-0.15, -0.1) is 0 Å². The number of hydrogen-bond donors (Lipinski definition) is 3. The molecule has 31 heavy (non-hydrogen) atoms. The number of hydrogen-bond acceptors (Lipinski definition) is 5. The first-order chi connectivity index (χ1) is 14.7. The van der Waals surface area contributed by atoms with E-state index in [0.717, 1.165) is 22.4 Å². The van der Waals surface area contributed by atoms with Gasteiger partial charge >= 0.3 is 0 Å². The summed E-state index contributed by atoms with van der Waals surface area (Å²) in [5, 5.41) is 8.42. The van der Waals surface area contributed by atoms with Crippen molar-refractivity contribution in [2.75, 3.05) is 44.4 Å². The van der Waals surface area contributed by atoms with E-state index in [-0.39, 0.29) is 37.4 Å². The number of likely N-dealkylation sites (N-methyl/N-ethyl adjacent to an activating group) is 1. The number of amides is 3. The van der Waals surface area contributed by atoms with Crippen LogP contribution in [0.15, 0.2) is 36.4 Å². The summed E-state index contributed by atoms with van der Waals surface area (Å²) in [6.45, 7) is 5.69. The van der Waals surface area contributed by atoms with Crippen LogP contribution in [0.4, 0.5) is 11.4 Å². The van der Waals surface area contributed by atoms with Crippen molar-refractivity contribution >= 4 is 29.1 Å². The van der Waals surface area contributed by atoms with Gasteiger partial charge in [0.1, 0.15) is 5.75 Å². The van der Waals surface area contributed by atoms with Gasteiger partial charge in [-0.1, -0.05) is 23.8 Å². The Hall–Kier alpha value is -3.55. The Bertz CT molecular complexity index is 933. The molecule has 8 heteroatoms. The van der Waals surface area contributed by atoms with Crippen molar-refractivity contribution < 1.29 is 19.1 Å². The molecule has 2 aromatic carbocycles. The molecule has 0 heterocycles. The van der Waals surface area contributed by atoms with Crippen molar-refractivity contribution in [3.05, 3.63) is 53.1 Å². The number of anilines is 2. The second kappa shape index (κ2) is 11.0. The number of benzene rings is 2. The van der Waals surface area contributed by atoms with E-state index in [0.29, 0.717) is 11.4 Å². The van der Waals surface area contributed by atoms with Crippen LogP contribution in [0.5, 0.6) is 5.75 Å². The third-order valence-electron chi connectivity index (χ3n) is 4.54. The van der Waals surface area contributed by atoms with Gasteiger partial charge in [0.05, 0.1) is 13.1 Å². The summed E-state index contributed by atoms with van der Waals surface area (Å²) in [7, 11) is 3.32. The van der Waals surface area contributed by atoms with Crippen LogP contribution >= 0.6 is 0 Å². The van der Waals surface area contributed by atoms with Crippen LogP contribution in [0.1, 0.15) is 16.7 Å². The largest absolute Gasteiger partial charge is 0.484 e. The summed E-state index contributed by atoms with van der Waals surface area (Å²) in [5.74, 6) is -0.234. The highest BCUT2D eigenvalue weighted by Crippen LogP contribution is 2.21. The fraction of sp³-hybridized carbons (Fsp3) is 0.348. The molecule has 0 unspecified atom stereocenters. The zero-order valence-corrected chi connectivity index (χ0v) is 18.7. The van der Waals surface area contributed by atoms with Gasteiger partial charge in [-0.25, -0.2) is 0 Å². The molecular weight excluding hydrogens is 396 g/mol. The number of rotatable bonds is 9. The molecule has 8 nitrogen and oxygen atoms in total. The Morgan fingerprint density at radius 1 is 0.935 bits per heavy atom. The normalized spacial score (nSPS) is 10.2. The number of carbonyl (C=O) groups excluding carboxylic acids is 3. The van der Waals surface area contributed by atoms with Crippen LogP contribution in [0.3, 0.4) is 0 Å². The number of ether oxygens (including phenoxy) is 1. The topological polar surface area (TPSA) is 99.8 Å². The van der Waals surface area contributed by atoms with Gasteiger partial charge in [0.15, 0.2) is 6.61 Å². The smallest absolute Gasteiger partial charge is 0.259 e. The Morgan fingerprint density at radius 3 is 2.26 bits per heavy atom. The monoisotopic (exact) mass is 426 g/mol. The molecule has 0 aliphatic rings. The van der Waals surface area contributed by atoms with E-state index in [4.69, 9.17) is 4.74 Å². The van der Waals surface area contributed by atoms with Crippen LogP contribution in [-0.2, 0) is 14.4 Å². The molecule has 0 bridgehead atoms. The number of aryl methyl sites for hydroxylation is 3. The number of nitrogens with one attached hydrogen (secondary N) is 3. The zero-order valence-electron chi connectivity index (χ0n) is 18.7. The Morgan fingerprint density at radius 2 is 1.61 bits per heavy atom. The summed E-state index contributed by atoms with van der Waals surface area (Å²) in [4.78, 5) is 37.4. The van der Waals surface area contributed by atoms with E-state index in [9.17, 15) is 14.4 Å². The molecular formula is C23H30N4O4. The van der Waals surface area contributed by atoms with Gasteiger partial charge in [-0.3, -0.25) is 14.4 Å². The first kappa shape index (κ1) is 23.7. The van der Waals surface area contributed by atoms with Crippen molar-refractivity contribution in [2.45, 2.75) is 20.8 Å². The quantitative estimate of drug-likeness (QED) is 0.571. The van der Waals surface area contributed by atoms with Gasteiger partial charge in [-0.2, -0.15) is 0 Å². The summed E-state index contributed by atoms with van der Waals surface area (Å²) >= 11 is 0. The van der Waals surface area contributed by atoms with E-state index >= 15 is 0 Å². The van der Waals surface area contributed by atoms with Crippen LogP contribution < -0.4 is 20.7 Å². The number of carbonyl (C=O) groups is 3. The molecule has 2 rings (SSSR count). The maximum Gasteiger partial charge on any atom is 0.259 e. The number of nitrogens with zero attached hydrogens (tertiary/aromatic N) is 1. The summed E-state index contributed by atoms with van der Waals surface area (Å²) in [5.41, 5.74) is 4.53. The van der Waals surface area contributed by atoms with Gasteiger partial charge < -0.3 is 25.6 Å². The zero-order chi connectivity index (χ0) is 23.0. The van der Waals surface area contributed by atoms with Crippen molar-refractivity contribution in [3.8, 4) is 5.75 Å². The predicted octanol–water partition coefficient (Wildman–Crippen LogP) is 2.25. The minimum atomic E-state index is -0.318. The molecule has 0 saturated carbocycles. The molecule has 3 N–H and O–H groups in total. The minimum absolute atomic E-state index is 0.00402. The Balaban J connectivity index is 1.79. The summed E-state index contributed by atoms with van der Waals surface area (Å²) < 4.78 is 5.45. The Labute approximate surface area is 183 Å². The van der Waals surface area contributed by atoms with Crippen molar-refractivity contribution in [3.63, 3.8) is 0 Å². The fourth-order valence-electron chi connectivity index (χ4n) is 2.95. The Kier molecular flexibility index (Phi) is 8.43. The lowest BCUT2D eigenvalue weighted by Gasteiger charge is -2.14. The van der Waals surface area contributed by atoms with Crippen LogP contribution in [0.25, 0.3) is 0 Å². The van der Waals surface area contributed by atoms with Crippen molar-refractivity contribution in [1.29, 1.82) is 0 Å². The third-order valence-corrected chi connectivity index (χ3v) is 4.54. The van der Waals surface area contributed by atoms with E-state index in [1.807, 2.05) is 32.9 Å². The molecule has 0 spiro atoms. The molecule has 0 radical (unpaired) electrons. The molecule has 0 aliphatic carbocycles. The lowest BCUT2D eigenvalue weighted by molar-refractivity contribution is -0.130. The summed E-state index contributed by atoms with van der Waals surface area (Å²) in [6, 6.07) is 11.0. The van der Waals surface area contributed by atoms with E-state index in [2.05, 4.69) is 16.0 Å². The molecule has 2 aromatic rings. The molecule has 166 valence electrons. The molecule has 0 fully saturated rings. The maximum absolute atomic E-state index is 12.2. The second-order valence-corrected chi connectivity index (χ2v) is 7.56. The lowest BCUT2D eigenvalue weighted by Crippen LogP contribution is -2.36. The van der Waals surface area contributed by atoms with E-state index in [1.54, 1.807) is 38.4 Å². The third kappa shape index (κ3) is 7.65. The highest BCUT2D eigenvalue weighted by molar-refractivity contribution is 5.96. The molecule has 0 saturated heterocycles. The fourth-order valence-corrected chi connectivity index (χ4v) is 2.95. The van der Waals surface area contributed by atoms with Gasteiger partial charge in [0.2, 0.25) is 11.8 Å². The lowest BCUT2D eigenvalue weighted by atomic mass is 10.1. The molecule has 0 aromatic heterocycles. The maximum atomic E-state index is 12.2. The van der Waals surface area contributed by atoms with Gasteiger partial charge in [-0.05, 0) is 44.0 Å². The standard InChI is InChI=1S/C23H30N4O4/c1-15-9-16(2)23(17(3)10-15)26-21(29)13-25-20(28)12-24-18-7-6-8-19(11-18)31-14-22(30)27(4)5/h6-11,24H,12-14H2,1-5H3,(H,25,28)(H,26,29). The highest BCUT2D eigenvalue weighted by atomic mass is 16.5. The summed E-state index contributed by atoms with van der Waals surface area (Å²) in [6.07, 6.45) is 0. The molecule has 3 amide bonds. The average molecular weight is 427 g/mol. The van der Waals surface area contributed by atoms with Gasteiger partial charge in [0.25, 0.3) is 5.91 Å².